The Morgan fingerprint density at radius 3 is 2.44 bits per heavy atom. The first-order chi connectivity index (χ1) is 8.81. The van der Waals surface area contributed by atoms with Crippen molar-refractivity contribution in [3.63, 3.8) is 0 Å². The van der Waals surface area contributed by atoms with Crippen molar-refractivity contribution in [1.82, 2.24) is 4.57 Å². The summed E-state index contributed by atoms with van der Waals surface area (Å²) < 4.78 is 1.91. The fraction of sp³-hybridized carbons (Fsp3) is 0.267. The Bertz CT molecular complexity index is 614. The van der Waals surface area contributed by atoms with Crippen molar-refractivity contribution in [2.24, 2.45) is 0 Å². The molecule has 2 aromatic rings. The van der Waals surface area contributed by atoms with E-state index in [0.717, 1.165) is 24.1 Å². The Hall–Kier alpha value is -1.54. The van der Waals surface area contributed by atoms with Crippen LogP contribution in [0.5, 0.6) is 0 Å². The van der Waals surface area contributed by atoms with Gasteiger partial charge in [0.1, 0.15) is 0 Å². The van der Waals surface area contributed by atoms with Gasteiger partial charge in [0.2, 0.25) is 0 Å². The third-order valence-corrected chi connectivity index (χ3v) is 3.61. The van der Waals surface area contributed by atoms with Crippen LogP contribution >= 0.6 is 11.6 Å². The molecule has 0 atom stereocenters. The van der Waals surface area contributed by atoms with E-state index in [4.69, 9.17) is 11.6 Å². The van der Waals surface area contributed by atoms with Gasteiger partial charge >= 0.3 is 0 Å². The summed E-state index contributed by atoms with van der Waals surface area (Å²) in [5, 5.41) is 0. The van der Waals surface area contributed by atoms with E-state index in [1.165, 1.54) is 0 Å². The number of aromatic nitrogens is 1. The predicted octanol–water partition coefficient (Wildman–Crippen LogP) is 3.59. The Labute approximate surface area is 111 Å². The van der Waals surface area contributed by atoms with Crippen LogP contribution in [0.2, 0.25) is 0 Å². The molecule has 0 aliphatic heterocycles. The monoisotopic (exact) mass is 259 g/mol. The molecule has 0 N–H and O–H groups in total. The molecule has 0 saturated heterocycles. The lowest BCUT2D eigenvalue weighted by atomic mass is 10.1. The molecule has 3 heteroatoms. The van der Waals surface area contributed by atoms with E-state index in [9.17, 15) is 4.79 Å². The van der Waals surface area contributed by atoms with E-state index >= 15 is 0 Å². The molecule has 0 radical (unpaired) electrons. The Morgan fingerprint density at radius 2 is 1.83 bits per heavy atom. The number of benzene rings is 1. The first-order valence-electron chi connectivity index (χ1n) is 6.17. The second kappa shape index (κ2) is 4.62. The van der Waals surface area contributed by atoms with Crippen molar-refractivity contribution in [2.45, 2.75) is 24.8 Å². The van der Waals surface area contributed by atoms with Gasteiger partial charge in [0.25, 0.3) is 5.56 Å². The number of hydrogen-bond acceptors (Lipinski definition) is 1. The summed E-state index contributed by atoms with van der Waals surface area (Å²) >= 11 is 5.81. The molecule has 0 bridgehead atoms. The van der Waals surface area contributed by atoms with Gasteiger partial charge in [-0.05, 0) is 24.5 Å². The number of rotatable bonds is 3. The lowest BCUT2D eigenvalue weighted by Crippen LogP contribution is -2.23. The molecule has 2 nitrogen and oxygen atoms in total. The maximum absolute atomic E-state index is 12.4. The summed E-state index contributed by atoms with van der Waals surface area (Å²) in [6, 6.07) is 14.2. The molecule has 1 heterocycles. The molecule has 0 unspecified atom stereocenters. The highest BCUT2D eigenvalue weighted by Crippen LogP contribution is 2.37. The molecule has 1 aromatic carbocycles. The van der Waals surface area contributed by atoms with Gasteiger partial charge in [-0.15, -0.1) is 11.6 Å². The van der Waals surface area contributed by atoms with Crippen LogP contribution in [-0.4, -0.2) is 4.57 Å². The van der Waals surface area contributed by atoms with E-state index in [2.05, 4.69) is 0 Å². The molecule has 1 fully saturated rings. The third-order valence-electron chi connectivity index (χ3n) is 3.32. The molecule has 92 valence electrons. The average molecular weight is 260 g/mol. The minimum Gasteiger partial charge on any atom is -0.305 e. The average Bonchev–Trinajstić information content (AvgIpc) is 3.23. The van der Waals surface area contributed by atoms with Gasteiger partial charge in [0, 0.05) is 11.6 Å². The number of nitrogens with zero attached hydrogens (tertiary/aromatic N) is 1. The molecule has 1 aromatic heterocycles. The lowest BCUT2D eigenvalue weighted by Gasteiger charge is -2.13. The summed E-state index contributed by atoms with van der Waals surface area (Å²) in [6.45, 7) is 0. The van der Waals surface area contributed by atoms with E-state index in [1.54, 1.807) is 0 Å². The van der Waals surface area contributed by atoms with Crippen LogP contribution in [0.3, 0.4) is 0 Å². The van der Waals surface area contributed by atoms with Gasteiger partial charge in [-0.25, -0.2) is 0 Å². The topological polar surface area (TPSA) is 22.0 Å². The van der Waals surface area contributed by atoms with Crippen LogP contribution in [0, 0.1) is 0 Å². The van der Waals surface area contributed by atoms with Gasteiger partial charge in [-0.2, -0.15) is 0 Å². The first-order valence-corrected chi connectivity index (χ1v) is 6.70. The van der Waals surface area contributed by atoms with E-state index in [1.807, 2.05) is 47.0 Å². The van der Waals surface area contributed by atoms with Crippen molar-refractivity contribution < 1.29 is 0 Å². The van der Waals surface area contributed by atoms with Crippen LogP contribution in [0.25, 0.3) is 11.3 Å². The van der Waals surface area contributed by atoms with Gasteiger partial charge in [-0.1, -0.05) is 36.4 Å². The Balaban J connectivity index is 2.21. The van der Waals surface area contributed by atoms with Gasteiger partial charge in [-0.3, -0.25) is 4.79 Å². The second-order valence-corrected chi connectivity index (χ2v) is 4.92. The molecule has 3 rings (SSSR count). The van der Waals surface area contributed by atoms with Gasteiger partial charge < -0.3 is 4.57 Å². The van der Waals surface area contributed by atoms with Crippen molar-refractivity contribution in [3.05, 3.63) is 58.4 Å². The summed E-state index contributed by atoms with van der Waals surface area (Å²) in [6.07, 6.45) is 2.18. The highest BCUT2D eigenvalue weighted by Gasteiger charge is 2.27. The van der Waals surface area contributed by atoms with Gasteiger partial charge in [0.15, 0.2) is 0 Å². The number of hydrogen-bond donors (Lipinski definition) is 0. The second-order valence-electron chi connectivity index (χ2n) is 4.65. The maximum Gasteiger partial charge on any atom is 0.255 e. The van der Waals surface area contributed by atoms with Crippen LogP contribution in [0.1, 0.15) is 24.4 Å². The summed E-state index contributed by atoms with van der Waals surface area (Å²) in [7, 11) is 0. The number of halogens is 1. The minimum absolute atomic E-state index is 0.0638. The van der Waals surface area contributed by atoms with Crippen LogP contribution in [0.15, 0.2) is 47.3 Å². The maximum atomic E-state index is 12.4. The van der Waals surface area contributed by atoms with Crippen molar-refractivity contribution in [2.75, 3.05) is 0 Å². The quantitative estimate of drug-likeness (QED) is 0.772. The molecule has 0 amide bonds. The Morgan fingerprint density at radius 1 is 1.11 bits per heavy atom. The summed E-state index contributed by atoms with van der Waals surface area (Å²) in [5.41, 5.74) is 2.83. The zero-order valence-electron chi connectivity index (χ0n) is 9.97. The number of alkyl halides is 1. The van der Waals surface area contributed by atoms with Crippen LogP contribution in [0.4, 0.5) is 0 Å². The molecule has 1 aliphatic carbocycles. The third kappa shape index (κ3) is 1.97. The zero-order chi connectivity index (χ0) is 12.5. The van der Waals surface area contributed by atoms with Crippen molar-refractivity contribution in [1.29, 1.82) is 0 Å². The molecule has 0 spiro atoms. The minimum atomic E-state index is 0.0638. The fourth-order valence-corrected chi connectivity index (χ4v) is 2.44. The molecule has 18 heavy (non-hydrogen) atoms. The van der Waals surface area contributed by atoms with Crippen LogP contribution in [-0.2, 0) is 5.88 Å². The normalized spacial score (nSPS) is 14.7. The fourth-order valence-electron chi connectivity index (χ4n) is 2.24. The van der Waals surface area contributed by atoms with E-state index in [-0.39, 0.29) is 11.4 Å². The van der Waals surface area contributed by atoms with Crippen LogP contribution < -0.4 is 5.56 Å². The van der Waals surface area contributed by atoms with E-state index in [0.29, 0.717) is 11.6 Å². The van der Waals surface area contributed by atoms with Crippen molar-refractivity contribution >= 4 is 11.6 Å². The highest BCUT2D eigenvalue weighted by molar-refractivity contribution is 6.17. The summed E-state index contributed by atoms with van der Waals surface area (Å²) in [5.74, 6) is 0.278. The zero-order valence-corrected chi connectivity index (χ0v) is 10.7. The molecular formula is C15H14ClNO. The summed E-state index contributed by atoms with van der Waals surface area (Å²) in [4.78, 5) is 12.4. The lowest BCUT2D eigenvalue weighted by molar-refractivity contribution is 0.709. The van der Waals surface area contributed by atoms with Crippen molar-refractivity contribution in [3.8, 4) is 11.3 Å². The molecular weight excluding hydrogens is 246 g/mol. The van der Waals surface area contributed by atoms with Gasteiger partial charge in [0.05, 0.1) is 11.6 Å². The SMILES string of the molecule is O=c1c(CCl)ccc(-c2ccccc2)n1C1CC1. The smallest absolute Gasteiger partial charge is 0.255 e. The van der Waals surface area contributed by atoms with E-state index < -0.39 is 0 Å². The largest absolute Gasteiger partial charge is 0.305 e. The Kier molecular flexibility index (Phi) is 2.96. The molecule has 1 saturated carbocycles. The standard InChI is InChI=1S/C15H14ClNO/c16-10-12-6-9-14(11-4-2-1-3-5-11)17(15(12)18)13-7-8-13/h1-6,9,13H,7-8,10H2. The molecule has 1 aliphatic rings. The predicted molar refractivity (Wildman–Crippen MR) is 74.0 cm³/mol. The first kappa shape index (κ1) is 11.5. The number of pyridine rings is 1. The highest BCUT2D eigenvalue weighted by atomic mass is 35.5.